The van der Waals surface area contributed by atoms with Gasteiger partial charge in [0.1, 0.15) is 17.8 Å². The Morgan fingerprint density at radius 1 is 1.08 bits per heavy atom. The Balaban J connectivity index is 1.78. The quantitative estimate of drug-likeness (QED) is 0.857. The summed E-state index contributed by atoms with van der Waals surface area (Å²) in [5.74, 6) is 0.301. The van der Waals surface area contributed by atoms with Crippen LogP contribution in [0.3, 0.4) is 0 Å². The third kappa shape index (κ3) is 3.21. The highest BCUT2D eigenvalue weighted by molar-refractivity contribution is 5.41. The number of nitrogens with zero attached hydrogens (tertiary/aromatic N) is 3. The standard InChI is InChI=1S/C17H18F3N3O/c1-24-16(13-5-3-2-4-6-13)7-9-23(10-8-16)15-11-14(17(18,19)20)21-12-22-15/h2-6,11-12H,7-10H2,1H3. The monoisotopic (exact) mass is 337 g/mol. The van der Waals surface area contributed by atoms with Crippen LogP contribution in [0.2, 0.25) is 0 Å². The molecule has 0 N–H and O–H groups in total. The van der Waals surface area contributed by atoms with Crippen LogP contribution < -0.4 is 4.90 Å². The Bertz CT molecular complexity index is 683. The van der Waals surface area contributed by atoms with E-state index in [1.165, 1.54) is 0 Å². The normalized spacial score (nSPS) is 17.8. The zero-order valence-electron chi connectivity index (χ0n) is 13.3. The average molecular weight is 337 g/mol. The van der Waals surface area contributed by atoms with Gasteiger partial charge in [-0.3, -0.25) is 0 Å². The summed E-state index contributed by atoms with van der Waals surface area (Å²) in [6.45, 7) is 1.13. The average Bonchev–Trinajstić information content (AvgIpc) is 2.62. The first-order chi connectivity index (χ1) is 11.4. The molecule has 4 nitrogen and oxygen atoms in total. The van der Waals surface area contributed by atoms with Crippen LogP contribution in [0, 0.1) is 0 Å². The van der Waals surface area contributed by atoms with Crippen molar-refractivity contribution in [3.05, 3.63) is 54.0 Å². The largest absolute Gasteiger partial charge is 0.433 e. The third-order valence-corrected chi connectivity index (χ3v) is 4.53. The van der Waals surface area contributed by atoms with Crippen molar-refractivity contribution in [1.29, 1.82) is 0 Å². The molecule has 1 aliphatic heterocycles. The molecule has 1 aromatic heterocycles. The van der Waals surface area contributed by atoms with Crippen molar-refractivity contribution in [2.75, 3.05) is 25.1 Å². The fraction of sp³-hybridized carbons (Fsp3) is 0.412. The number of hydrogen-bond acceptors (Lipinski definition) is 4. The number of benzene rings is 1. The maximum atomic E-state index is 12.8. The van der Waals surface area contributed by atoms with Gasteiger partial charge >= 0.3 is 6.18 Å². The molecule has 0 atom stereocenters. The predicted molar refractivity (Wildman–Crippen MR) is 83.6 cm³/mol. The Morgan fingerprint density at radius 3 is 2.33 bits per heavy atom. The van der Waals surface area contributed by atoms with Gasteiger partial charge in [0.25, 0.3) is 0 Å². The first-order valence-electron chi connectivity index (χ1n) is 7.69. The molecular weight excluding hydrogens is 319 g/mol. The molecule has 0 amide bonds. The first-order valence-corrected chi connectivity index (χ1v) is 7.69. The summed E-state index contributed by atoms with van der Waals surface area (Å²) in [7, 11) is 1.68. The third-order valence-electron chi connectivity index (χ3n) is 4.53. The second-order valence-corrected chi connectivity index (χ2v) is 5.81. The van der Waals surface area contributed by atoms with E-state index in [-0.39, 0.29) is 0 Å². The van der Waals surface area contributed by atoms with Gasteiger partial charge in [0.2, 0.25) is 0 Å². The molecule has 0 bridgehead atoms. The van der Waals surface area contributed by atoms with Crippen LogP contribution in [-0.4, -0.2) is 30.2 Å². The van der Waals surface area contributed by atoms with Gasteiger partial charge in [-0.15, -0.1) is 0 Å². The van der Waals surface area contributed by atoms with Crippen LogP contribution in [0.15, 0.2) is 42.7 Å². The van der Waals surface area contributed by atoms with E-state index >= 15 is 0 Å². The minimum atomic E-state index is -4.46. The van der Waals surface area contributed by atoms with Gasteiger partial charge in [-0.05, 0) is 18.4 Å². The fourth-order valence-electron chi connectivity index (χ4n) is 3.12. The van der Waals surface area contributed by atoms with E-state index in [9.17, 15) is 13.2 Å². The smallest absolute Gasteiger partial charge is 0.373 e. The highest BCUT2D eigenvalue weighted by Crippen LogP contribution is 2.37. The number of hydrogen-bond donors (Lipinski definition) is 0. The lowest BCUT2D eigenvalue weighted by Gasteiger charge is -2.41. The van der Waals surface area contributed by atoms with Crippen LogP contribution in [-0.2, 0) is 16.5 Å². The lowest BCUT2D eigenvalue weighted by atomic mass is 9.84. The van der Waals surface area contributed by atoms with Crippen LogP contribution in [0.5, 0.6) is 0 Å². The first kappa shape index (κ1) is 16.7. The topological polar surface area (TPSA) is 38.2 Å². The molecule has 2 heterocycles. The minimum Gasteiger partial charge on any atom is -0.373 e. The van der Waals surface area contributed by atoms with Crippen molar-refractivity contribution in [3.63, 3.8) is 0 Å². The van der Waals surface area contributed by atoms with Crippen molar-refractivity contribution in [3.8, 4) is 0 Å². The van der Waals surface area contributed by atoms with Crippen molar-refractivity contribution in [2.45, 2.75) is 24.6 Å². The highest BCUT2D eigenvalue weighted by atomic mass is 19.4. The van der Waals surface area contributed by atoms with Crippen LogP contribution in [0.4, 0.5) is 19.0 Å². The number of rotatable bonds is 3. The zero-order chi connectivity index (χ0) is 17.2. The molecule has 0 unspecified atom stereocenters. The van der Waals surface area contributed by atoms with Crippen molar-refractivity contribution in [1.82, 2.24) is 9.97 Å². The van der Waals surface area contributed by atoms with E-state index < -0.39 is 17.5 Å². The molecular formula is C17H18F3N3O. The minimum absolute atomic E-state index is 0.301. The molecule has 1 saturated heterocycles. The van der Waals surface area contributed by atoms with Crippen LogP contribution in [0.25, 0.3) is 0 Å². The van der Waals surface area contributed by atoms with Gasteiger partial charge in [-0.1, -0.05) is 30.3 Å². The Hall–Kier alpha value is -2.15. The SMILES string of the molecule is COC1(c2ccccc2)CCN(c2cc(C(F)(F)F)ncn2)CC1. The van der Waals surface area contributed by atoms with E-state index in [0.29, 0.717) is 31.7 Å². The lowest BCUT2D eigenvalue weighted by molar-refractivity contribution is -0.141. The summed E-state index contributed by atoms with van der Waals surface area (Å²) in [5.41, 5.74) is -0.234. The summed E-state index contributed by atoms with van der Waals surface area (Å²) in [6, 6.07) is 10.9. The number of ether oxygens (including phenoxy) is 1. The van der Waals surface area contributed by atoms with Crippen LogP contribution >= 0.6 is 0 Å². The zero-order valence-corrected chi connectivity index (χ0v) is 13.3. The van der Waals surface area contributed by atoms with E-state index in [0.717, 1.165) is 18.0 Å². The lowest BCUT2D eigenvalue weighted by Crippen LogP contribution is -2.44. The van der Waals surface area contributed by atoms with Gasteiger partial charge in [-0.2, -0.15) is 13.2 Å². The van der Waals surface area contributed by atoms with E-state index in [1.807, 2.05) is 35.2 Å². The maximum Gasteiger partial charge on any atom is 0.433 e. The summed E-state index contributed by atoms with van der Waals surface area (Å²) < 4.78 is 44.2. The van der Waals surface area contributed by atoms with Crippen molar-refractivity contribution >= 4 is 5.82 Å². The molecule has 7 heteroatoms. The summed E-state index contributed by atoms with van der Waals surface area (Å²) in [5, 5.41) is 0. The van der Waals surface area contributed by atoms with E-state index in [1.54, 1.807) is 7.11 Å². The van der Waals surface area contributed by atoms with Gasteiger partial charge in [0, 0.05) is 26.3 Å². The Labute approximate surface area is 138 Å². The highest BCUT2D eigenvalue weighted by Gasteiger charge is 2.38. The van der Waals surface area contributed by atoms with Gasteiger partial charge in [-0.25, -0.2) is 9.97 Å². The number of aromatic nitrogens is 2. The molecule has 1 aromatic carbocycles. The van der Waals surface area contributed by atoms with Crippen molar-refractivity contribution in [2.24, 2.45) is 0 Å². The molecule has 0 saturated carbocycles. The second-order valence-electron chi connectivity index (χ2n) is 5.81. The number of methoxy groups -OCH3 is 1. The molecule has 1 fully saturated rings. The fourth-order valence-corrected chi connectivity index (χ4v) is 3.12. The Kier molecular flexibility index (Phi) is 4.45. The molecule has 3 rings (SSSR count). The number of alkyl halides is 3. The summed E-state index contributed by atoms with van der Waals surface area (Å²) >= 11 is 0. The predicted octanol–water partition coefficient (Wildman–Crippen LogP) is 3.64. The van der Waals surface area contributed by atoms with Gasteiger partial charge in [0.15, 0.2) is 0 Å². The molecule has 2 aromatic rings. The van der Waals surface area contributed by atoms with Gasteiger partial charge in [0.05, 0.1) is 5.60 Å². The van der Waals surface area contributed by atoms with E-state index in [4.69, 9.17) is 4.74 Å². The van der Waals surface area contributed by atoms with Crippen LogP contribution in [0.1, 0.15) is 24.1 Å². The summed E-state index contributed by atoms with van der Waals surface area (Å²) in [4.78, 5) is 9.15. The molecule has 0 aliphatic carbocycles. The molecule has 128 valence electrons. The number of anilines is 1. The van der Waals surface area contributed by atoms with E-state index in [2.05, 4.69) is 9.97 Å². The molecule has 24 heavy (non-hydrogen) atoms. The molecule has 0 spiro atoms. The summed E-state index contributed by atoms with van der Waals surface area (Å²) in [6.07, 6.45) is -2.14. The maximum absolute atomic E-state index is 12.8. The number of halogens is 3. The number of piperidine rings is 1. The second kappa shape index (κ2) is 6.39. The van der Waals surface area contributed by atoms with Gasteiger partial charge < -0.3 is 9.64 Å². The Morgan fingerprint density at radius 2 is 1.75 bits per heavy atom. The van der Waals surface area contributed by atoms with Crippen molar-refractivity contribution < 1.29 is 17.9 Å². The molecule has 0 radical (unpaired) electrons. The molecule has 1 aliphatic rings.